The lowest BCUT2D eigenvalue weighted by molar-refractivity contribution is -0.0991. The van der Waals surface area contributed by atoms with Gasteiger partial charge in [-0.2, -0.15) is 0 Å². The van der Waals surface area contributed by atoms with Gasteiger partial charge in [-0.1, -0.05) is 12.8 Å². The number of alkyl halides is 1. The molecular weight excluding hydrogens is 226 g/mol. The van der Waals surface area contributed by atoms with E-state index in [4.69, 9.17) is 11.6 Å². The molecular formula is C12H22ClNO2. The third-order valence-corrected chi connectivity index (χ3v) is 4.52. The van der Waals surface area contributed by atoms with Gasteiger partial charge in [0.05, 0.1) is 11.7 Å². The molecule has 0 amide bonds. The van der Waals surface area contributed by atoms with Gasteiger partial charge >= 0.3 is 0 Å². The van der Waals surface area contributed by atoms with Gasteiger partial charge in [-0.15, -0.1) is 11.6 Å². The first kappa shape index (κ1) is 12.6. The fourth-order valence-corrected chi connectivity index (χ4v) is 3.25. The van der Waals surface area contributed by atoms with E-state index in [9.17, 15) is 10.2 Å². The van der Waals surface area contributed by atoms with E-state index in [1.165, 1.54) is 6.42 Å². The Morgan fingerprint density at radius 2 is 2.19 bits per heavy atom. The van der Waals surface area contributed by atoms with E-state index >= 15 is 0 Å². The molecule has 1 aliphatic heterocycles. The van der Waals surface area contributed by atoms with Crippen LogP contribution in [-0.2, 0) is 0 Å². The monoisotopic (exact) mass is 247 g/mol. The number of fused-ring (bicyclic) bond motifs is 1. The average molecular weight is 248 g/mol. The van der Waals surface area contributed by atoms with Crippen molar-refractivity contribution < 1.29 is 10.2 Å². The van der Waals surface area contributed by atoms with Gasteiger partial charge in [0.25, 0.3) is 0 Å². The zero-order valence-electron chi connectivity index (χ0n) is 9.74. The molecule has 16 heavy (non-hydrogen) atoms. The van der Waals surface area contributed by atoms with Gasteiger partial charge in [0.15, 0.2) is 0 Å². The molecule has 94 valence electrons. The van der Waals surface area contributed by atoms with Crippen molar-refractivity contribution in [2.24, 2.45) is 5.92 Å². The molecule has 0 bridgehead atoms. The molecule has 2 N–H and O–H groups in total. The van der Waals surface area contributed by atoms with Crippen LogP contribution < -0.4 is 0 Å². The molecule has 3 atom stereocenters. The predicted molar refractivity (Wildman–Crippen MR) is 64.7 cm³/mol. The largest absolute Gasteiger partial charge is 0.391 e. The van der Waals surface area contributed by atoms with Gasteiger partial charge < -0.3 is 15.1 Å². The molecule has 0 spiro atoms. The van der Waals surface area contributed by atoms with Crippen molar-refractivity contribution in [3.05, 3.63) is 0 Å². The number of aliphatic hydroxyl groups excluding tert-OH is 1. The number of likely N-dealkylation sites (tertiary alicyclic amines) is 1. The molecule has 2 aliphatic rings. The number of halogens is 1. The van der Waals surface area contributed by atoms with E-state index in [0.29, 0.717) is 18.3 Å². The fraction of sp³-hybridized carbons (Fsp3) is 1.00. The second kappa shape index (κ2) is 5.21. The molecule has 2 rings (SSSR count). The highest BCUT2D eigenvalue weighted by Crippen LogP contribution is 2.39. The molecule has 3 unspecified atom stereocenters. The molecule has 0 radical (unpaired) electrons. The van der Waals surface area contributed by atoms with Crippen molar-refractivity contribution in [3.8, 4) is 0 Å². The molecule has 0 aromatic rings. The van der Waals surface area contributed by atoms with Gasteiger partial charge in [0.1, 0.15) is 0 Å². The van der Waals surface area contributed by atoms with E-state index in [-0.39, 0.29) is 0 Å². The first-order chi connectivity index (χ1) is 7.64. The first-order valence-corrected chi connectivity index (χ1v) is 6.86. The summed E-state index contributed by atoms with van der Waals surface area (Å²) in [4.78, 5) is 2.25. The number of nitrogens with zero attached hydrogens (tertiary/aromatic N) is 1. The topological polar surface area (TPSA) is 43.7 Å². The highest BCUT2D eigenvalue weighted by molar-refractivity contribution is 6.18. The first-order valence-electron chi connectivity index (χ1n) is 6.33. The van der Waals surface area contributed by atoms with Crippen LogP contribution in [-0.4, -0.2) is 52.3 Å². The number of β-amino-alcohol motifs (C(OH)–C–C–N with tert-alkyl or cyclic N) is 1. The lowest BCUT2D eigenvalue weighted by atomic mass is 9.71. The Balaban J connectivity index is 1.89. The Morgan fingerprint density at radius 3 is 2.94 bits per heavy atom. The standard InChI is InChI=1S/C12H22ClNO2/c13-7-11(15)9-14-6-5-12(16)4-2-1-3-10(12)8-14/h10-11,15-16H,1-9H2. The minimum atomic E-state index is -0.434. The molecule has 1 saturated heterocycles. The second-order valence-electron chi connectivity index (χ2n) is 5.36. The van der Waals surface area contributed by atoms with Crippen LogP contribution in [0.15, 0.2) is 0 Å². The van der Waals surface area contributed by atoms with Crippen molar-refractivity contribution in [3.63, 3.8) is 0 Å². The van der Waals surface area contributed by atoms with Crippen LogP contribution >= 0.6 is 11.6 Å². The third kappa shape index (κ3) is 2.70. The summed E-state index contributed by atoms with van der Waals surface area (Å²) in [5.74, 6) is 0.698. The Hall–Kier alpha value is 0.170. The SMILES string of the molecule is OC(CCl)CN1CCC2(O)CCCCC2C1. The normalized spacial score (nSPS) is 38.1. The molecule has 3 nitrogen and oxygen atoms in total. The van der Waals surface area contributed by atoms with Gasteiger partial charge in [-0.25, -0.2) is 0 Å². The van der Waals surface area contributed by atoms with E-state index in [0.717, 1.165) is 38.8 Å². The van der Waals surface area contributed by atoms with Gasteiger partial charge in [0, 0.05) is 31.4 Å². The van der Waals surface area contributed by atoms with Crippen LogP contribution in [0.2, 0.25) is 0 Å². The van der Waals surface area contributed by atoms with Crippen molar-refractivity contribution in [1.29, 1.82) is 0 Å². The average Bonchev–Trinajstić information content (AvgIpc) is 2.29. The maximum atomic E-state index is 10.5. The summed E-state index contributed by atoms with van der Waals surface area (Å²) in [5, 5.41) is 20.0. The van der Waals surface area contributed by atoms with Gasteiger partial charge in [-0.05, 0) is 19.3 Å². The third-order valence-electron chi connectivity index (χ3n) is 4.16. The Labute approximate surface area is 102 Å². The lowest BCUT2D eigenvalue weighted by Crippen LogP contribution is -2.54. The summed E-state index contributed by atoms with van der Waals surface area (Å²) < 4.78 is 0. The van der Waals surface area contributed by atoms with Crippen LogP contribution in [0.3, 0.4) is 0 Å². The van der Waals surface area contributed by atoms with Crippen molar-refractivity contribution in [2.45, 2.75) is 43.8 Å². The maximum Gasteiger partial charge on any atom is 0.0802 e. The van der Waals surface area contributed by atoms with Crippen LogP contribution in [0, 0.1) is 5.92 Å². The molecule has 2 fully saturated rings. The highest BCUT2D eigenvalue weighted by Gasteiger charge is 2.42. The van der Waals surface area contributed by atoms with E-state index < -0.39 is 11.7 Å². The molecule has 1 saturated carbocycles. The second-order valence-corrected chi connectivity index (χ2v) is 5.67. The van der Waals surface area contributed by atoms with Crippen LogP contribution in [0.4, 0.5) is 0 Å². The minimum absolute atomic E-state index is 0.297. The number of aliphatic hydroxyl groups is 2. The number of rotatable bonds is 3. The predicted octanol–water partition coefficient (Wildman–Crippen LogP) is 1.21. The number of piperidine rings is 1. The summed E-state index contributed by atoms with van der Waals surface area (Å²) >= 11 is 5.61. The quantitative estimate of drug-likeness (QED) is 0.737. The smallest absolute Gasteiger partial charge is 0.0802 e. The Kier molecular flexibility index (Phi) is 4.11. The van der Waals surface area contributed by atoms with Crippen molar-refractivity contribution in [1.82, 2.24) is 4.90 Å². The van der Waals surface area contributed by atoms with E-state index in [1.54, 1.807) is 0 Å². The number of hydrogen-bond acceptors (Lipinski definition) is 3. The molecule has 1 aliphatic carbocycles. The van der Waals surface area contributed by atoms with Crippen molar-refractivity contribution in [2.75, 3.05) is 25.5 Å². The highest BCUT2D eigenvalue weighted by atomic mass is 35.5. The fourth-order valence-electron chi connectivity index (χ4n) is 3.15. The zero-order valence-corrected chi connectivity index (χ0v) is 10.5. The van der Waals surface area contributed by atoms with Crippen molar-refractivity contribution >= 4 is 11.6 Å². The summed E-state index contributed by atoms with van der Waals surface area (Å²) in [5.41, 5.74) is -0.416. The summed E-state index contributed by atoms with van der Waals surface area (Å²) in [7, 11) is 0. The zero-order chi connectivity index (χ0) is 11.6. The summed E-state index contributed by atoms with van der Waals surface area (Å²) in [6.45, 7) is 2.46. The van der Waals surface area contributed by atoms with Crippen LogP contribution in [0.25, 0.3) is 0 Å². The van der Waals surface area contributed by atoms with E-state index in [2.05, 4.69) is 4.90 Å². The van der Waals surface area contributed by atoms with Gasteiger partial charge in [0.2, 0.25) is 0 Å². The molecule has 4 heteroatoms. The van der Waals surface area contributed by atoms with Gasteiger partial charge in [-0.3, -0.25) is 0 Å². The summed E-state index contributed by atoms with van der Waals surface area (Å²) in [6, 6.07) is 0. The van der Waals surface area contributed by atoms with Crippen LogP contribution in [0.1, 0.15) is 32.1 Å². The van der Waals surface area contributed by atoms with Crippen LogP contribution in [0.5, 0.6) is 0 Å². The molecule has 1 heterocycles. The van der Waals surface area contributed by atoms with E-state index in [1.807, 2.05) is 0 Å². The molecule has 0 aromatic carbocycles. The number of hydrogen-bond donors (Lipinski definition) is 2. The Bertz CT molecular complexity index is 239. The lowest BCUT2D eigenvalue weighted by Gasteiger charge is -2.47. The molecule has 0 aromatic heterocycles. The Morgan fingerprint density at radius 1 is 1.38 bits per heavy atom. The minimum Gasteiger partial charge on any atom is -0.391 e. The summed E-state index contributed by atoms with van der Waals surface area (Å²) in [6.07, 6.45) is 4.91. The maximum absolute atomic E-state index is 10.5.